The summed E-state index contributed by atoms with van der Waals surface area (Å²) in [5.74, 6) is 0.289. The van der Waals surface area contributed by atoms with Gasteiger partial charge >= 0.3 is 6.18 Å². The summed E-state index contributed by atoms with van der Waals surface area (Å²) in [6.45, 7) is 0.0410. The summed E-state index contributed by atoms with van der Waals surface area (Å²) in [6, 6.07) is 9.36. The molecule has 21 heavy (non-hydrogen) atoms. The molecule has 0 N–H and O–H groups in total. The molecular weight excluding hydrogens is 305 g/mol. The lowest BCUT2D eigenvalue weighted by Crippen LogP contribution is -2.05. The van der Waals surface area contributed by atoms with E-state index < -0.39 is 11.7 Å². The molecule has 0 fully saturated rings. The predicted octanol–water partition coefficient (Wildman–Crippen LogP) is 4.75. The average Bonchev–Trinajstić information content (AvgIpc) is 2.44. The molecule has 6 heteroatoms. The van der Waals surface area contributed by atoms with Gasteiger partial charge in [0.2, 0.25) is 0 Å². The third-order valence-corrected chi connectivity index (χ3v) is 3.14. The highest BCUT2D eigenvalue weighted by molar-refractivity contribution is 6.33. The summed E-state index contributed by atoms with van der Waals surface area (Å²) < 4.78 is 42.7. The molecule has 0 aromatic heterocycles. The van der Waals surface area contributed by atoms with Crippen LogP contribution in [0.4, 0.5) is 13.2 Å². The highest BCUT2D eigenvalue weighted by Gasteiger charge is 2.29. The molecule has 2 rings (SSSR count). The molecule has 0 radical (unpaired) electrons. The number of benzene rings is 2. The van der Waals surface area contributed by atoms with Crippen molar-refractivity contribution in [1.29, 1.82) is 0 Å². The van der Waals surface area contributed by atoms with Gasteiger partial charge in [-0.05, 0) is 29.8 Å². The van der Waals surface area contributed by atoms with Crippen LogP contribution in [0.2, 0.25) is 5.02 Å². The molecule has 2 aromatic rings. The molecule has 0 amide bonds. The first-order chi connectivity index (χ1) is 9.91. The second-order valence-electron chi connectivity index (χ2n) is 4.25. The SMILES string of the molecule is O=Cc1c(Cl)cccc1OCc1ccc(C(F)(F)F)cc1. The number of rotatable bonds is 4. The fourth-order valence-corrected chi connectivity index (χ4v) is 1.92. The molecule has 0 aliphatic carbocycles. The van der Waals surface area contributed by atoms with Crippen LogP contribution in [0.5, 0.6) is 5.75 Å². The number of alkyl halides is 3. The maximum absolute atomic E-state index is 12.4. The number of carbonyl (C=O) groups excluding carboxylic acids is 1. The molecule has 110 valence electrons. The minimum absolute atomic E-state index is 0.0410. The lowest BCUT2D eigenvalue weighted by Gasteiger charge is -2.10. The highest BCUT2D eigenvalue weighted by Crippen LogP contribution is 2.29. The summed E-state index contributed by atoms with van der Waals surface area (Å²) in [5.41, 5.74) is 0.0495. The van der Waals surface area contributed by atoms with Crippen molar-refractivity contribution in [3.8, 4) is 5.75 Å². The Bertz CT molecular complexity index is 636. The summed E-state index contributed by atoms with van der Waals surface area (Å²) in [4.78, 5) is 10.9. The van der Waals surface area contributed by atoms with Crippen molar-refractivity contribution in [1.82, 2.24) is 0 Å². The van der Waals surface area contributed by atoms with Crippen LogP contribution in [0, 0.1) is 0 Å². The Hall–Kier alpha value is -2.01. The normalized spacial score (nSPS) is 11.2. The van der Waals surface area contributed by atoms with E-state index in [0.717, 1.165) is 12.1 Å². The van der Waals surface area contributed by atoms with Gasteiger partial charge in [0.25, 0.3) is 0 Å². The van der Waals surface area contributed by atoms with E-state index in [1.165, 1.54) is 12.1 Å². The zero-order valence-electron chi connectivity index (χ0n) is 10.7. The van der Waals surface area contributed by atoms with Crippen molar-refractivity contribution in [3.63, 3.8) is 0 Å². The van der Waals surface area contributed by atoms with Gasteiger partial charge in [-0.3, -0.25) is 4.79 Å². The van der Waals surface area contributed by atoms with Crippen LogP contribution in [-0.2, 0) is 12.8 Å². The van der Waals surface area contributed by atoms with Crippen LogP contribution >= 0.6 is 11.6 Å². The van der Waals surface area contributed by atoms with Crippen molar-refractivity contribution in [3.05, 3.63) is 64.2 Å². The van der Waals surface area contributed by atoms with E-state index >= 15 is 0 Å². The fraction of sp³-hybridized carbons (Fsp3) is 0.133. The Balaban J connectivity index is 2.10. The van der Waals surface area contributed by atoms with Crippen LogP contribution in [0.1, 0.15) is 21.5 Å². The first kappa shape index (κ1) is 15.4. The van der Waals surface area contributed by atoms with Gasteiger partial charge < -0.3 is 4.74 Å². The van der Waals surface area contributed by atoms with E-state index in [4.69, 9.17) is 16.3 Å². The average molecular weight is 315 g/mol. The summed E-state index contributed by atoms with van der Waals surface area (Å²) in [7, 11) is 0. The van der Waals surface area contributed by atoms with Gasteiger partial charge in [-0.15, -0.1) is 0 Å². The molecule has 2 nitrogen and oxygen atoms in total. The fourth-order valence-electron chi connectivity index (χ4n) is 1.71. The van der Waals surface area contributed by atoms with Gasteiger partial charge in [0.15, 0.2) is 6.29 Å². The predicted molar refractivity (Wildman–Crippen MR) is 72.6 cm³/mol. The molecule has 0 aliphatic rings. The number of halogens is 4. The number of hydrogen-bond acceptors (Lipinski definition) is 2. The van der Waals surface area contributed by atoms with Crippen molar-refractivity contribution in [2.24, 2.45) is 0 Å². The molecule has 0 saturated carbocycles. The largest absolute Gasteiger partial charge is 0.488 e. The maximum Gasteiger partial charge on any atom is 0.416 e. The Kier molecular flexibility index (Phi) is 4.53. The van der Waals surface area contributed by atoms with Crippen LogP contribution in [0.25, 0.3) is 0 Å². The number of aldehydes is 1. The standard InChI is InChI=1S/C15H10ClF3O2/c16-13-2-1-3-14(12(13)8-20)21-9-10-4-6-11(7-5-10)15(17,18)19/h1-8H,9H2. The summed E-state index contributed by atoms with van der Waals surface area (Å²) in [5, 5.41) is 0.259. The Labute approximate surface area is 124 Å². The lowest BCUT2D eigenvalue weighted by atomic mass is 10.1. The molecule has 0 atom stereocenters. The van der Waals surface area contributed by atoms with E-state index in [1.54, 1.807) is 18.2 Å². The van der Waals surface area contributed by atoms with Crippen molar-refractivity contribution in [2.45, 2.75) is 12.8 Å². The smallest absolute Gasteiger partial charge is 0.416 e. The number of hydrogen-bond donors (Lipinski definition) is 0. The molecular formula is C15H10ClF3O2. The molecule has 0 spiro atoms. The Morgan fingerprint density at radius 1 is 1.10 bits per heavy atom. The zero-order chi connectivity index (χ0) is 15.5. The number of carbonyl (C=O) groups is 1. The summed E-state index contributed by atoms with van der Waals surface area (Å²) >= 11 is 5.85. The minimum atomic E-state index is -4.36. The van der Waals surface area contributed by atoms with Crippen LogP contribution in [-0.4, -0.2) is 6.29 Å². The first-order valence-electron chi connectivity index (χ1n) is 5.94. The second-order valence-corrected chi connectivity index (χ2v) is 4.66. The molecule has 0 bridgehead atoms. The van der Waals surface area contributed by atoms with Gasteiger partial charge in [0, 0.05) is 0 Å². The Morgan fingerprint density at radius 2 is 1.76 bits per heavy atom. The van der Waals surface area contributed by atoms with Crippen molar-refractivity contribution >= 4 is 17.9 Å². The Morgan fingerprint density at radius 3 is 2.33 bits per heavy atom. The minimum Gasteiger partial charge on any atom is -0.488 e. The van der Waals surface area contributed by atoms with Crippen LogP contribution in [0.3, 0.4) is 0 Å². The van der Waals surface area contributed by atoms with Crippen molar-refractivity contribution in [2.75, 3.05) is 0 Å². The van der Waals surface area contributed by atoms with E-state index in [-0.39, 0.29) is 22.9 Å². The zero-order valence-corrected chi connectivity index (χ0v) is 11.4. The monoisotopic (exact) mass is 314 g/mol. The van der Waals surface area contributed by atoms with E-state index in [2.05, 4.69) is 0 Å². The van der Waals surface area contributed by atoms with Crippen LogP contribution in [0.15, 0.2) is 42.5 Å². The molecule has 2 aromatic carbocycles. The number of ether oxygens (including phenoxy) is 1. The first-order valence-corrected chi connectivity index (χ1v) is 6.32. The molecule has 0 heterocycles. The quantitative estimate of drug-likeness (QED) is 0.761. The van der Waals surface area contributed by atoms with E-state index in [0.29, 0.717) is 11.8 Å². The van der Waals surface area contributed by atoms with Gasteiger partial charge in [0.05, 0.1) is 16.1 Å². The maximum atomic E-state index is 12.4. The topological polar surface area (TPSA) is 26.3 Å². The molecule has 0 aliphatic heterocycles. The van der Waals surface area contributed by atoms with E-state index in [1.807, 2.05) is 0 Å². The van der Waals surface area contributed by atoms with Crippen LogP contribution < -0.4 is 4.74 Å². The third kappa shape index (κ3) is 3.76. The second kappa shape index (κ2) is 6.18. The highest BCUT2D eigenvalue weighted by atomic mass is 35.5. The van der Waals surface area contributed by atoms with Crippen molar-refractivity contribution < 1.29 is 22.7 Å². The molecule has 0 saturated heterocycles. The third-order valence-electron chi connectivity index (χ3n) is 2.81. The molecule has 0 unspecified atom stereocenters. The van der Waals surface area contributed by atoms with Gasteiger partial charge in [-0.25, -0.2) is 0 Å². The van der Waals surface area contributed by atoms with Gasteiger partial charge in [-0.1, -0.05) is 29.8 Å². The van der Waals surface area contributed by atoms with E-state index in [9.17, 15) is 18.0 Å². The van der Waals surface area contributed by atoms with Gasteiger partial charge in [0.1, 0.15) is 12.4 Å². The lowest BCUT2D eigenvalue weighted by molar-refractivity contribution is -0.137. The summed E-state index contributed by atoms with van der Waals surface area (Å²) in [6.07, 6.45) is -3.79. The van der Waals surface area contributed by atoms with Gasteiger partial charge in [-0.2, -0.15) is 13.2 Å².